The van der Waals surface area contributed by atoms with E-state index in [2.05, 4.69) is 5.32 Å². The molecule has 1 N–H and O–H groups in total. The van der Waals surface area contributed by atoms with Crippen molar-refractivity contribution in [3.05, 3.63) is 35.1 Å². The molecule has 0 saturated carbocycles. The molecule has 4 heteroatoms. The van der Waals surface area contributed by atoms with E-state index in [1.54, 1.807) is 12.1 Å². The number of carbonyl (C=O) groups is 1. The van der Waals surface area contributed by atoms with E-state index in [0.717, 1.165) is 5.56 Å². The van der Waals surface area contributed by atoms with E-state index in [9.17, 15) is 9.18 Å². The van der Waals surface area contributed by atoms with Gasteiger partial charge in [0, 0.05) is 12.1 Å². The Morgan fingerprint density at radius 1 is 1.53 bits per heavy atom. The van der Waals surface area contributed by atoms with E-state index in [0.29, 0.717) is 12.1 Å². The number of aryl methyl sites for hydroxylation is 1. The predicted octanol–water partition coefficient (Wildman–Crippen LogP) is 1.32. The third kappa shape index (κ3) is 2.15. The Bertz CT molecular complexity index is 382. The molecule has 1 aromatic carbocycles. The number of ether oxygens (including phenoxy) is 1. The van der Waals surface area contributed by atoms with Gasteiger partial charge in [-0.25, -0.2) is 4.39 Å². The van der Waals surface area contributed by atoms with Crippen LogP contribution in [0.15, 0.2) is 18.2 Å². The molecule has 2 rings (SSSR count). The lowest BCUT2D eigenvalue weighted by Gasteiger charge is -2.24. The molecule has 1 saturated heterocycles. The monoisotopic (exact) mass is 209 g/mol. The molecule has 3 nitrogen and oxygen atoms in total. The molecule has 0 spiro atoms. The van der Waals surface area contributed by atoms with Crippen LogP contribution < -0.4 is 5.32 Å². The van der Waals surface area contributed by atoms with Crippen molar-refractivity contribution in [2.75, 3.05) is 13.2 Å². The molecule has 80 valence electrons. The van der Waals surface area contributed by atoms with Crippen molar-refractivity contribution >= 4 is 5.91 Å². The van der Waals surface area contributed by atoms with Crippen LogP contribution in [0.3, 0.4) is 0 Å². The van der Waals surface area contributed by atoms with Gasteiger partial charge in [0.15, 0.2) is 0 Å². The fourth-order valence-electron chi connectivity index (χ4n) is 1.60. The van der Waals surface area contributed by atoms with Gasteiger partial charge in [-0.3, -0.25) is 4.79 Å². The van der Waals surface area contributed by atoms with Crippen LogP contribution in [0.25, 0.3) is 0 Å². The van der Waals surface area contributed by atoms with Crippen LogP contribution in [0.2, 0.25) is 0 Å². The minimum Gasteiger partial charge on any atom is -0.362 e. The zero-order chi connectivity index (χ0) is 10.8. The minimum atomic E-state index is -0.373. The molecule has 1 heterocycles. The largest absolute Gasteiger partial charge is 0.362 e. The third-order valence-corrected chi connectivity index (χ3v) is 2.40. The fraction of sp³-hybridized carbons (Fsp3) is 0.364. The highest BCUT2D eigenvalue weighted by molar-refractivity contribution is 5.77. The second-order valence-electron chi connectivity index (χ2n) is 3.63. The lowest BCUT2D eigenvalue weighted by atomic mass is 10.1. The first-order chi connectivity index (χ1) is 7.16. The highest BCUT2D eigenvalue weighted by Gasteiger charge is 2.22. The highest BCUT2D eigenvalue weighted by atomic mass is 19.1. The number of hydrogen-bond donors (Lipinski definition) is 1. The van der Waals surface area contributed by atoms with Crippen LogP contribution in [0.4, 0.5) is 4.39 Å². The minimum absolute atomic E-state index is 0.00194. The van der Waals surface area contributed by atoms with Gasteiger partial charge in [0.05, 0.1) is 0 Å². The van der Waals surface area contributed by atoms with E-state index in [-0.39, 0.29) is 24.4 Å². The summed E-state index contributed by atoms with van der Waals surface area (Å²) in [5.74, 6) is -0.443. The van der Waals surface area contributed by atoms with Crippen molar-refractivity contribution in [1.29, 1.82) is 0 Å². The van der Waals surface area contributed by atoms with Gasteiger partial charge < -0.3 is 10.1 Å². The van der Waals surface area contributed by atoms with Crippen LogP contribution in [0, 0.1) is 12.7 Å². The molecular formula is C11H12FNO2. The Balaban J connectivity index is 2.21. The molecule has 1 aliphatic rings. The molecule has 1 amide bonds. The quantitative estimate of drug-likeness (QED) is 0.757. The average molecular weight is 209 g/mol. The summed E-state index contributed by atoms with van der Waals surface area (Å²) in [6, 6.07) is 4.88. The third-order valence-electron chi connectivity index (χ3n) is 2.40. The van der Waals surface area contributed by atoms with E-state index in [4.69, 9.17) is 4.74 Å². The van der Waals surface area contributed by atoms with E-state index < -0.39 is 0 Å². The second kappa shape index (κ2) is 3.98. The summed E-state index contributed by atoms with van der Waals surface area (Å²) in [4.78, 5) is 10.9. The zero-order valence-electron chi connectivity index (χ0n) is 8.42. The molecule has 1 fully saturated rings. The van der Waals surface area contributed by atoms with Gasteiger partial charge in [0.2, 0.25) is 5.91 Å². The lowest BCUT2D eigenvalue weighted by Crippen LogP contribution is -2.39. The summed E-state index contributed by atoms with van der Waals surface area (Å²) >= 11 is 0. The van der Waals surface area contributed by atoms with E-state index >= 15 is 0 Å². The van der Waals surface area contributed by atoms with Gasteiger partial charge in [-0.2, -0.15) is 0 Å². The molecule has 0 bridgehead atoms. The van der Waals surface area contributed by atoms with Gasteiger partial charge in [-0.15, -0.1) is 0 Å². The number of nitrogens with one attached hydrogen (secondary N) is 1. The Morgan fingerprint density at radius 3 is 3.00 bits per heavy atom. The van der Waals surface area contributed by atoms with Crippen molar-refractivity contribution in [2.45, 2.75) is 13.0 Å². The van der Waals surface area contributed by atoms with Crippen molar-refractivity contribution in [2.24, 2.45) is 0 Å². The topological polar surface area (TPSA) is 38.3 Å². The highest BCUT2D eigenvalue weighted by Crippen LogP contribution is 2.22. The number of hydrogen-bond acceptors (Lipinski definition) is 2. The molecule has 1 atom stereocenters. The first-order valence-corrected chi connectivity index (χ1v) is 4.81. The molecular weight excluding hydrogens is 197 g/mol. The molecule has 0 unspecified atom stereocenters. The predicted molar refractivity (Wildman–Crippen MR) is 52.8 cm³/mol. The number of amides is 1. The summed E-state index contributed by atoms with van der Waals surface area (Å²) in [5, 5.41) is 2.65. The standard InChI is InChI=1S/C11H12FNO2/c1-7-2-3-9(12)8(4-7)10-5-13-11(14)6-15-10/h2-4,10H,5-6H2,1H3,(H,13,14)/t10-/m1/s1. The fourth-order valence-corrected chi connectivity index (χ4v) is 1.60. The van der Waals surface area contributed by atoms with E-state index in [1.807, 2.05) is 6.92 Å². The van der Waals surface area contributed by atoms with Crippen molar-refractivity contribution in [3.8, 4) is 0 Å². The van der Waals surface area contributed by atoms with Crippen LogP contribution in [-0.2, 0) is 9.53 Å². The SMILES string of the molecule is Cc1ccc(F)c([C@H]2CNC(=O)CO2)c1. The van der Waals surface area contributed by atoms with Crippen LogP contribution in [0.5, 0.6) is 0 Å². The van der Waals surface area contributed by atoms with Crippen LogP contribution in [0.1, 0.15) is 17.2 Å². The van der Waals surface area contributed by atoms with Gasteiger partial charge in [0.25, 0.3) is 0 Å². The van der Waals surface area contributed by atoms with Gasteiger partial charge in [-0.05, 0) is 13.0 Å². The maximum absolute atomic E-state index is 13.5. The molecule has 0 aliphatic carbocycles. The first-order valence-electron chi connectivity index (χ1n) is 4.81. The molecule has 0 radical (unpaired) electrons. The summed E-state index contributed by atoms with van der Waals surface area (Å²) in [6.45, 7) is 2.22. The van der Waals surface area contributed by atoms with E-state index in [1.165, 1.54) is 6.07 Å². The number of benzene rings is 1. The van der Waals surface area contributed by atoms with Crippen LogP contribution in [-0.4, -0.2) is 19.1 Å². The maximum Gasteiger partial charge on any atom is 0.246 e. The Kier molecular flexibility index (Phi) is 2.68. The smallest absolute Gasteiger partial charge is 0.246 e. The Labute approximate surface area is 87.2 Å². The van der Waals surface area contributed by atoms with Crippen molar-refractivity contribution in [1.82, 2.24) is 5.32 Å². The van der Waals surface area contributed by atoms with Gasteiger partial charge >= 0.3 is 0 Å². The molecule has 1 aromatic rings. The van der Waals surface area contributed by atoms with Gasteiger partial charge in [-0.1, -0.05) is 17.7 Å². The number of rotatable bonds is 1. The second-order valence-corrected chi connectivity index (χ2v) is 3.63. The summed E-state index contributed by atoms with van der Waals surface area (Å²) in [5.41, 5.74) is 1.49. The summed E-state index contributed by atoms with van der Waals surface area (Å²) in [7, 11) is 0. The van der Waals surface area contributed by atoms with Crippen LogP contribution >= 0.6 is 0 Å². The number of halogens is 1. The first kappa shape index (κ1) is 10.1. The van der Waals surface area contributed by atoms with Crippen molar-refractivity contribution < 1.29 is 13.9 Å². The average Bonchev–Trinajstić information content (AvgIpc) is 2.23. The van der Waals surface area contributed by atoms with Gasteiger partial charge in [0.1, 0.15) is 18.5 Å². The zero-order valence-corrected chi connectivity index (χ0v) is 8.42. The molecule has 0 aromatic heterocycles. The number of morpholine rings is 1. The number of carbonyl (C=O) groups excluding carboxylic acids is 1. The summed E-state index contributed by atoms with van der Waals surface area (Å²) in [6.07, 6.45) is -0.373. The molecule has 1 aliphatic heterocycles. The normalized spacial score (nSPS) is 21.2. The summed E-state index contributed by atoms with van der Waals surface area (Å²) < 4.78 is 18.7. The Hall–Kier alpha value is -1.42. The molecule has 15 heavy (non-hydrogen) atoms. The van der Waals surface area contributed by atoms with Crippen molar-refractivity contribution in [3.63, 3.8) is 0 Å². The maximum atomic E-state index is 13.5. The Morgan fingerprint density at radius 2 is 2.33 bits per heavy atom. The lowest BCUT2D eigenvalue weighted by molar-refractivity contribution is -0.133.